The number of hydrogen-bond acceptors (Lipinski definition) is 5. The molecule has 7 heteroatoms. The predicted molar refractivity (Wildman–Crippen MR) is 106 cm³/mol. The van der Waals surface area contributed by atoms with E-state index < -0.39 is 0 Å². The van der Waals surface area contributed by atoms with Gasteiger partial charge in [-0.25, -0.2) is 0 Å². The molecule has 0 spiro atoms. The van der Waals surface area contributed by atoms with Crippen LogP contribution in [0.2, 0.25) is 0 Å². The van der Waals surface area contributed by atoms with E-state index in [2.05, 4.69) is 10.6 Å². The van der Waals surface area contributed by atoms with Gasteiger partial charge in [-0.3, -0.25) is 9.59 Å². The standard InChI is InChI=1S/C21H26N2O5/c1-4-28-16-10-8-15(9-11-16)14-19(24)22-12-13-23-21(25)20-17(26-2)6-5-7-18(20)27-3/h5-11H,4,12-14H2,1-3H3,(H,22,24)(H,23,25). The maximum absolute atomic E-state index is 12.4. The molecule has 0 aliphatic heterocycles. The van der Waals surface area contributed by atoms with Crippen molar-refractivity contribution in [1.82, 2.24) is 10.6 Å². The average molecular weight is 386 g/mol. The van der Waals surface area contributed by atoms with E-state index in [1.165, 1.54) is 14.2 Å². The van der Waals surface area contributed by atoms with E-state index in [1.807, 2.05) is 31.2 Å². The van der Waals surface area contributed by atoms with Crippen LogP contribution in [0.3, 0.4) is 0 Å². The maximum Gasteiger partial charge on any atom is 0.258 e. The Kier molecular flexibility index (Phi) is 8.14. The van der Waals surface area contributed by atoms with Gasteiger partial charge in [0, 0.05) is 13.1 Å². The molecular weight excluding hydrogens is 360 g/mol. The highest BCUT2D eigenvalue weighted by atomic mass is 16.5. The molecule has 2 N–H and O–H groups in total. The number of nitrogens with one attached hydrogen (secondary N) is 2. The van der Waals surface area contributed by atoms with Gasteiger partial charge in [0.05, 0.1) is 27.2 Å². The van der Waals surface area contributed by atoms with Crippen molar-refractivity contribution in [2.75, 3.05) is 33.9 Å². The molecule has 0 aliphatic rings. The number of amides is 2. The molecule has 150 valence electrons. The van der Waals surface area contributed by atoms with Gasteiger partial charge in [0.1, 0.15) is 22.8 Å². The second-order valence-corrected chi connectivity index (χ2v) is 5.90. The van der Waals surface area contributed by atoms with Gasteiger partial charge in [-0.1, -0.05) is 18.2 Å². The van der Waals surface area contributed by atoms with Crippen LogP contribution >= 0.6 is 0 Å². The van der Waals surface area contributed by atoms with Gasteiger partial charge in [-0.05, 0) is 36.8 Å². The van der Waals surface area contributed by atoms with Crippen LogP contribution < -0.4 is 24.8 Å². The van der Waals surface area contributed by atoms with Crippen LogP contribution in [0.4, 0.5) is 0 Å². The highest BCUT2D eigenvalue weighted by molar-refractivity contribution is 5.99. The van der Waals surface area contributed by atoms with Crippen LogP contribution in [0.15, 0.2) is 42.5 Å². The number of carbonyl (C=O) groups is 2. The Morgan fingerprint density at radius 3 is 2.07 bits per heavy atom. The molecule has 0 radical (unpaired) electrons. The molecule has 2 aromatic rings. The van der Waals surface area contributed by atoms with Crippen molar-refractivity contribution in [2.45, 2.75) is 13.3 Å². The Morgan fingerprint density at radius 2 is 1.50 bits per heavy atom. The SMILES string of the molecule is CCOc1ccc(CC(=O)NCCNC(=O)c2c(OC)cccc2OC)cc1. The monoisotopic (exact) mass is 386 g/mol. The smallest absolute Gasteiger partial charge is 0.258 e. The molecule has 0 aromatic heterocycles. The van der Waals surface area contributed by atoms with Crippen molar-refractivity contribution in [3.8, 4) is 17.2 Å². The fourth-order valence-corrected chi connectivity index (χ4v) is 2.66. The molecular formula is C21H26N2O5. The van der Waals surface area contributed by atoms with Crippen LogP contribution in [-0.2, 0) is 11.2 Å². The predicted octanol–water partition coefficient (Wildman–Crippen LogP) is 2.19. The molecule has 0 heterocycles. The summed E-state index contributed by atoms with van der Waals surface area (Å²) in [5.74, 6) is 1.19. The zero-order valence-corrected chi connectivity index (χ0v) is 16.4. The third-order valence-electron chi connectivity index (χ3n) is 3.99. The summed E-state index contributed by atoms with van der Waals surface area (Å²) in [5.41, 5.74) is 1.22. The van der Waals surface area contributed by atoms with Crippen LogP contribution in [0.1, 0.15) is 22.8 Å². The van der Waals surface area contributed by atoms with Crippen molar-refractivity contribution < 1.29 is 23.8 Å². The number of carbonyl (C=O) groups excluding carboxylic acids is 2. The first kappa shape index (κ1) is 21.1. The second kappa shape index (κ2) is 10.8. The van der Waals surface area contributed by atoms with Gasteiger partial charge < -0.3 is 24.8 Å². The topological polar surface area (TPSA) is 85.9 Å². The summed E-state index contributed by atoms with van der Waals surface area (Å²) in [7, 11) is 2.99. The Balaban J connectivity index is 1.79. The Bertz CT molecular complexity index is 768. The van der Waals surface area contributed by atoms with E-state index in [0.717, 1.165) is 11.3 Å². The normalized spacial score (nSPS) is 10.1. The van der Waals surface area contributed by atoms with Gasteiger partial charge in [0.2, 0.25) is 5.91 Å². The van der Waals surface area contributed by atoms with Crippen molar-refractivity contribution in [3.05, 3.63) is 53.6 Å². The molecule has 2 amide bonds. The zero-order chi connectivity index (χ0) is 20.4. The van der Waals surface area contributed by atoms with Gasteiger partial charge in [0.15, 0.2) is 0 Å². The Labute approximate surface area is 165 Å². The van der Waals surface area contributed by atoms with E-state index >= 15 is 0 Å². The summed E-state index contributed by atoms with van der Waals surface area (Å²) >= 11 is 0. The quantitative estimate of drug-likeness (QED) is 0.612. The molecule has 0 fully saturated rings. The molecule has 7 nitrogen and oxygen atoms in total. The molecule has 0 saturated heterocycles. The van der Waals surface area contributed by atoms with Crippen molar-refractivity contribution >= 4 is 11.8 Å². The number of benzene rings is 2. The fourth-order valence-electron chi connectivity index (χ4n) is 2.66. The minimum atomic E-state index is -0.324. The first-order chi connectivity index (χ1) is 13.6. The first-order valence-corrected chi connectivity index (χ1v) is 9.06. The van der Waals surface area contributed by atoms with E-state index in [1.54, 1.807) is 18.2 Å². The summed E-state index contributed by atoms with van der Waals surface area (Å²) in [6.07, 6.45) is 0.265. The van der Waals surface area contributed by atoms with Gasteiger partial charge >= 0.3 is 0 Å². The molecule has 28 heavy (non-hydrogen) atoms. The van der Waals surface area contributed by atoms with Crippen LogP contribution in [0, 0.1) is 0 Å². The minimum absolute atomic E-state index is 0.117. The van der Waals surface area contributed by atoms with Crippen LogP contribution in [0.5, 0.6) is 17.2 Å². The number of ether oxygens (including phenoxy) is 3. The lowest BCUT2D eigenvalue weighted by molar-refractivity contribution is -0.120. The molecule has 0 unspecified atom stereocenters. The van der Waals surface area contributed by atoms with Gasteiger partial charge in [-0.15, -0.1) is 0 Å². The summed E-state index contributed by atoms with van der Waals surface area (Å²) in [4.78, 5) is 24.5. The van der Waals surface area contributed by atoms with Crippen molar-refractivity contribution in [2.24, 2.45) is 0 Å². The summed E-state index contributed by atoms with van der Waals surface area (Å²) < 4.78 is 15.8. The lowest BCUT2D eigenvalue weighted by Gasteiger charge is -2.13. The second-order valence-electron chi connectivity index (χ2n) is 5.90. The maximum atomic E-state index is 12.4. The zero-order valence-electron chi connectivity index (χ0n) is 16.4. The fraction of sp³-hybridized carbons (Fsp3) is 0.333. The van der Waals surface area contributed by atoms with Crippen molar-refractivity contribution in [1.29, 1.82) is 0 Å². The number of methoxy groups -OCH3 is 2. The molecule has 2 aromatic carbocycles. The average Bonchev–Trinajstić information content (AvgIpc) is 2.72. The lowest BCUT2D eigenvalue weighted by Crippen LogP contribution is -2.35. The van der Waals surface area contributed by atoms with E-state index in [9.17, 15) is 9.59 Å². The van der Waals surface area contributed by atoms with E-state index in [-0.39, 0.29) is 24.8 Å². The largest absolute Gasteiger partial charge is 0.496 e. The van der Waals surface area contributed by atoms with Crippen LogP contribution in [-0.4, -0.2) is 45.7 Å². The van der Waals surface area contributed by atoms with Gasteiger partial charge in [0.25, 0.3) is 5.91 Å². The molecule has 0 saturated carbocycles. The minimum Gasteiger partial charge on any atom is -0.496 e. The summed E-state index contributed by atoms with van der Waals surface area (Å²) in [6, 6.07) is 12.5. The molecule has 0 aliphatic carbocycles. The van der Waals surface area contributed by atoms with Gasteiger partial charge in [-0.2, -0.15) is 0 Å². The summed E-state index contributed by atoms with van der Waals surface area (Å²) in [6.45, 7) is 3.13. The Morgan fingerprint density at radius 1 is 0.893 bits per heavy atom. The van der Waals surface area contributed by atoms with E-state index in [4.69, 9.17) is 14.2 Å². The highest BCUT2D eigenvalue weighted by Crippen LogP contribution is 2.27. The third-order valence-corrected chi connectivity index (χ3v) is 3.99. The number of rotatable bonds is 10. The summed E-state index contributed by atoms with van der Waals surface area (Å²) in [5, 5.41) is 5.55. The highest BCUT2D eigenvalue weighted by Gasteiger charge is 2.17. The molecule has 2 rings (SSSR count). The number of hydrogen-bond donors (Lipinski definition) is 2. The van der Waals surface area contributed by atoms with Crippen molar-refractivity contribution in [3.63, 3.8) is 0 Å². The Hall–Kier alpha value is -3.22. The third kappa shape index (κ3) is 5.90. The first-order valence-electron chi connectivity index (χ1n) is 9.06. The molecule has 0 bridgehead atoms. The lowest BCUT2D eigenvalue weighted by atomic mass is 10.1. The van der Waals surface area contributed by atoms with E-state index in [0.29, 0.717) is 30.2 Å². The molecule has 0 atom stereocenters. The van der Waals surface area contributed by atoms with Crippen LogP contribution in [0.25, 0.3) is 0 Å².